The molecule has 0 bridgehead atoms. The van der Waals surface area contributed by atoms with Crippen molar-refractivity contribution in [2.24, 2.45) is 10.8 Å². The minimum Gasteiger partial charge on any atom is -0.348 e. The Morgan fingerprint density at radius 1 is 0.741 bits per heavy atom. The number of ether oxygens (including phenoxy) is 4. The van der Waals surface area contributed by atoms with Crippen LogP contribution in [0.15, 0.2) is 0 Å². The van der Waals surface area contributed by atoms with Gasteiger partial charge < -0.3 is 18.9 Å². The zero-order chi connectivity index (χ0) is 19.4. The summed E-state index contributed by atoms with van der Waals surface area (Å²) in [4.78, 5) is 0. The fourth-order valence-corrected chi connectivity index (χ4v) is 2.82. The van der Waals surface area contributed by atoms with Crippen LogP contribution >= 0.6 is 0 Å². The summed E-state index contributed by atoms with van der Waals surface area (Å²) in [6.45, 7) is 21.8. The molecular weight excluding hydrogens is 340 g/mol. The maximum atomic E-state index is 5.72. The van der Waals surface area contributed by atoms with Gasteiger partial charge in [0.15, 0.2) is 11.6 Å². The molecule has 0 radical (unpaired) electrons. The van der Waals surface area contributed by atoms with Crippen LogP contribution < -0.4 is 0 Å². The highest BCUT2D eigenvalue weighted by atomic mass is 16.7. The zero-order valence-corrected chi connectivity index (χ0v) is 18.2. The molecule has 4 nitrogen and oxygen atoms in total. The number of rotatable bonds is 4. The van der Waals surface area contributed by atoms with E-state index in [1.165, 1.54) is 0 Å². The summed E-state index contributed by atoms with van der Waals surface area (Å²) in [5, 5.41) is 0. The average Bonchev–Trinajstić information content (AvgIpc) is 3.02. The maximum absolute atomic E-state index is 5.72. The molecule has 2 saturated heterocycles. The lowest BCUT2D eigenvalue weighted by molar-refractivity contribution is -0.160. The summed E-state index contributed by atoms with van der Waals surface area (Å²) >= 11 is 0. The van der Waals surface area contributed by atoms with E-state index in [1.54, 1.807) is 0 Å². The monoisotopic (exact) mass is 390 g/mol. The minimum absolute atomic E-state index is 0. The molecule has 0 spiro atoms. The Bertz CT molecular complexity index is 388. The van der Waals surface area contributed by atoms with E-state index in [0.29, 0.717) is 10.8 Å². The highest BCUT2D eigenvalue weighted by Gasteiger charge is 2.35. The van der Waals surface area contributed by atoms with Gasteiger partial charge in [-0.25, -0.2) is 0 Å². The fraction of sp³-hybridized carbons (Fsp3) is 1.00. The molecular formula is C23H50O4. The Hall–Kier alpha value is -0.160. The molecule has 2 unspecified atom stereocenters. The molecule has 0 aliphatic carbocycles. The van der Waals surface area contributed by atoms with Crippen molar-refractivity contribution in [2.45, 2.75) is 121 Å². The normalized spacial score (nSPS) is 27.2. The van der Waals surface area contributed by atoms with Crippen LogP contribution in [0.1, 0.15) is 103 Å². The van der Waals surface area contributed by atoms with Crippen molar-refractivity contribution in [1.29, 1.82) is 0 Å². The highest BCUT2D eigenvalue weighted by Crippen LogP contribution is 2.32. The second kappa shape index (κ2) is 11.1. The quantitative estimate of drug-likeness (QED) is 0.528. The molecule has 0 amide bonds. The summed E-state index contributed by atoms with van der Waals surface area (Å²) in [5.41, 5.74) is 0.736. The smallest absolute Gasteiger partial charge is 0.166 e. The molecule has 0 aromatic heterocycles. The molecule has 4 heteroatoms. The van der Waals surface area contributed by atoms with E-state index in [1.807, 2.05) is 13.8 Å². The van der Waals surface area contributed by atoms with Gasteiger partial charge in [-0.15, -0.1) is 0 Å². The van der Waals surface area contributed by atoms with Crippen LogP contribution in [0.3, 0.4) is 0 Å². The maximum Gasteiger partial charge on any atom is 0.166 e. The van der Waals surface area contributed by atoms with Crippen molar-refractivity contribution in [3.8, 4) is 0 Å². The predicted octanol–water partition coefficient (Wildman–Crippen LogP) is 6.81. The molecule has 2 rings (SSSR count). The summed E-state index contributed by atoms with van der Waals surface area (Å²) in [7, 11) is 0. The van der Waals surface area contributed by atoms with E-state index in [-0.39, 0.29) is 32.5 Å². The Kier molecular flexibility index (Phi) is 12.0. The van der Waals surface area contributed by atoms with Crippen LogP contribution in [-0.4, -0.2) is 37.5 Å². The Morgan fingerprint density at radius 3 is 1.48 bits per heavy atom. The van der Waals surface area contributed by atoms with Crippen LogP contribution in [0.5, 0.6) is 0 Å². The van der Waals surface area contributed by atoms with Crippen LogP contribution in [0.25, 0.3) is 0 Å². The second-order valence-electron chi connectivity index (χ2n) is 10.3. The summed E-state index contributed by atoms with van der Waals surface area (Å²) in [6, 6.07) is 0. The third-order valence-corrected chi connectivity index (χ3v) is 4.63. The topological polar surface area (TPSA) is 36.9 Å². The van der Waals surface area contributed by atoms with E-state index in [4.69, 9.17) is 18.9 Å². The van der Waals surface area contributed by atoms with Crippen molar-refractivity contribution in [1.82, 2.24) is 0 Å². The molecule has 0 N–H and O–H groups in total. The lowest BCUT2D eigenvalue weighted by atomic mass is 9.88. The molecule has 2 aliphatic rings. The third-order valence-electron chi connectivity index (χ3n) is 4.63. The van der Waals surface area contributed by atoms with Gasteiger partial charge >= 0.3 is 0 Å². The Morgan fingerprint density at radius 2 is 1.15 bits per heavy atom. The van der Waals surface area contributed by atoms with Gasteiger partial charge in [0.2, 0.25) is 0 Å². The minimum atomic E-state index is -0.327. The van der Waals surface area contributed by atoms with Crippen LogP contribution in [-0.2, 0) is 18.9 Å². The van der Waals surface area contributed by atoms with Gasteiger partial charge in [-0.3, -0.25) is 0 Å². The molecule has 0 saturated carbocycles. The molecule has 2 heterocycles. The largest absolute Gasteiger partial charge is 0.348 e. The van der Waals surface area contributed by atoms with Crippen molar-refractivity contribution in [2.75, 3.05) is 19.8 Å². The summed E-state index contributed by atoms with van der Waals surface area (Å²) in [6.07, 6.45) is 4.52. The lowest BCUT2D eigenvalue weighted by Gasteiger charge is -2.27. The van der Waals surface area contributed by atoms with Crippen LogP contribution in [0, 0.1) is 10.8 Å². The molecule has 0 aromatic rings. The van der Waals surface area contributed by atoms with Gasteiger partial charge in [0.1, 0.15) is 0 Å². The van der Waals surface area contributed by atoms with Gasteiger partial charge in [-0.05, 0) is 44.4 Å². The average molecular weight is 391 g/mol. The Balaban J connectivity index is 0. The van der Waals surface area contributed by atoms with Crippen molar-refractivity contribution >= 4 is 0 Å². The second-order valence-corrected chi connectivity index (χ2v) is 10.3. The molecule has 27 heavy (non-hydrogen) atoms. The van der Waals surface area contributed by atoms with E-state index in [0.717, 1.165) is 45.5 Å². The van der Waals surface area contributed by atoms with Gasteiger partial charge in [0.25, 0.3) is 0 Å². The SMILES string of the molecule is C.C.CC(C)(C)CCC1(C)OCCO1.CC1COC(C)(CCC(C)(C)C)O1. The number of hydrogen-bond donors (Lipinski definition) is 0. The van der Waals surface area contributed by atoms with E-state index in [9.17, 15) is 0 Å². The molecule has 2 fully saturated rings. The molecule has 2 atom stereocenters. The van der Waals surface area contributed by atoms with Gasteiger partial charge in [-0.2, -0.15) is 0 Å². The van der Waals surface area contributed by atoms with Crippen molar-refractivity contribution in [3.63, 3.8) is 0 Å². The van der Waals surface area contributed by atoms with Crippen LogP contribution in [0.2, 0.25) is 0 Å². The first-order chi connectivity index (χ1) is 11.2. The zero-order valence-electron chi connectivity index (χ0n) is 18.2. The van der Waals surface area contributed by atoms with E-state index in [2.05, 4.69) is 48.5 Å². The van der Waals surface area contributed by atoms with Crippen LogP contribution in [0.4, 0.5) is 0 Å². The van der Waals surface area contributed by atoms with E-state index >= 15 is 0 Å². The first-order valence-electron chi connectivity index (χ1n) is 9.82. The van der Waals surface area contributed by atoms with Crippen molar-refractivity contribution < 1.29 is 18.9 Å². The lowest BCUT2D eigenvalue weighted by Crippen LogP contribution is -2.28. The van der Waals surface area contributed by atoms with Crippen molar-refractivity contribution in [3.05, 3.63) is 0 Å². The van der Waals surface area contributed by atoms with Gasteiger partial charge in [0, 0.05) is 12.8 Å². The van der Waals surface area contributed by atoms with Gasteiger partial charge in [0.05, 0.1) is 25.9 Å². The first kappa shape index (κ1) is 29.0. The van der Waals surface area contributed by atoms with Gasteiger partial charge in [-0.1, -0.05) is 56.4 Å². The standard InChI is InChI=1S/C11H22O2.C10H20O2.2CH4/c1-9-8-12-11(5,13-9)7-6-10(2,3)4;1-9(2,3)5-6-10(4)11-7-8-12-10;;/h9H,6-8H2,1-5H3;5-8H2,1-4H3;2*1H4. The highest BCUT2D eigenvalue weighted by molar-refractivity contribution is 4.75. The van der Waals surface area contributed by atoms with E-state index < -0.39 is 0 Å². The fourth-order valence-electron chi connectivity index (χ4n) is 2.82. The predicted molar refractivity (Wildman–Crippen MR) is 116 cm³/mol. The Labute approximate surface area is 170 Å². The summed E-state index contributed by atoms with van der Waals surface area (Å²) in [5.74, 6) is -0.625. The third kappa shape index (κ3) is 12.8. The first-order valence-corrected chi connectivity index (χ1v) is 9.82. The molecule has 2 aliphatic heterocycles. The summed E-state index contributed by atoms with van der Waals surface area (Å²) < 4.78 is 22.4. The molecule has 166 valence electrons. The number of hydrogen-bond acceptors (Lipinski definition) is 4. The molecule has 0 aromatic carbocycles.